The van der Waals surface area contributed by atoms with E-state index in [1.807, 2.05) is 36.4 Å². The fourth-order valence-electron chi connectivity index (χ4n) is 3.96. The van der Waals surface area contributed by atoms with Gasteiger partial charge in [-0.1, -0.05) is 42.5 Å². The molecule has 3 aliphatic heterocycles. The number of carbonyl (C=O) groups excluding carboxylic acids is 1. The number of hydrogen-bond donors (Lipinski definition) is 1. The van der Waals surface area contributed by atoms with Gasteiger partial charge in [0.1, 0.15) is 11.5 Å². The molecular weight excluding hydrogens is 282 g/mol. The molecule has 4 atom stereocenters. The number of rotatable bonds is 4. The Bertz CT molecular complexity index is 656. The third-order valence-corrected chi connectivity index (χ3v) is 4.98. The van der Waals surface area contributed by atoms with Crippen molar-refractivity contribution in [2.24, 2.45) is 11.8 Å². The van der Waals surface area contributed by atoms with E-state index in [0.717, 1.165) is 6.42 Å². The van der Waals surface area contributed by atoms with Gasteiger partial charge in [-0.3, -0.25) is 9.59 Å². The minimum atomic E-state index is -0.945. The Balaban J connectivity index is 1.53. The Kier molecular flexibility index (Phi) is 2.87. The Hall–Kier alpha value is -2.14. The normalized spacial score (nSPS) is 35.2. The van der Waals surface area contributed by atoms with E-state index >= 15 is 0 Å². The summed E-state index contributed by atoms with van der Waals surface area (Å²) in [6.07, 6.45) is 3.99. The van der Waals surface area contributed by atoms with Crippen molar-refractivity contribution in [3.8, 4) is 0 Å². The van der Waals surface area contributed by atoms with Crippen molar-refractivity contribution in [2.45, 2.75) is 18.1 Å². The number of ether oxygens (including phenoxy) is 1. The Morgan fingerprint density at radius 2 is 2.14 bits per heavy atom. The largest absolute Gasteiger partial charge is 0.481 e. The third kappa shape index (κ3) is 1.82. The summed E-state index contributed by atoms with van der Waals surface area (Å²) in [7, 11) is 0. The molecule has 0 radical (unpaired) electrons. The highest BCUT2D eigenvalue weighted by Crippen LogP contribution is 2.51. The lowest BCUT2D eigenvalue weighted by molar-refractivity contribution is -0.148. The van der Waals surface area contributed by atoms with Crippen LogP contribution in [0, 0.1) is 11.8 Å². The average molecular weight is 299 g/mol. The van der Waals surface area contributed by atoms with Crippen LogP contribution in [0.25, 0.3) is 0 Å². The van der Waals surface area contributed by atoms with E-state index in [1.54, 1.807) is 11.0 Å². The van der Waals surface area contributed by atoms with Crippen molar-refractivity contribution < 1.29 is 19.4 Å². The first-order chi connectivity index (χ1) is 10.6. The zero-order chi connectivity index (χ0) is 15.3. The van der Waals surface area contributed by atoms with Gasteiger partial charge in [0.15, 0.2) is 0 Å². The second-order valence-corrected chi connectivity index (χ2v) is 6.23. The highest BCUT2D eigenvalue weighted by atomic mass is 16.5. The number of likely N-dealkylation sites (tertiary alicyclic amines) is 1. The molecule has 2 bridgehead atoms. The molecule has 114 valence electrons. The Labute approximate surface area is 128 Å². The predicted octanol–water partition coefficient (Wildman–Crippen LogP) is 1.10. The van der Waals surface area contributed by atoms with Gasteiger partial charge >= 0.3 is 5.97 Å². The number of carboxylic acid groups (broad SMARTS) is 1. The predicted molar refractivity (Wildman–Crippen MR) is 78.1 cm³/mol. The van der Waals surface area contributed by atoms with Crippen LogP contribution in [-0.2, 0) is 20.7 Å². The van der Waals surface area contributed by atoms with E-state index in [2.05, 4.69) is 0 Å². The number of amides is 1. The molecule has 1 N–H and O–H groups in total. The summed E-state index contributed by atoms with van der Waals surface area (Å²) in [5.41, 5.74) is 0.446. The van der Waals surface area contributed by atoms with Gasteiger partial charge in [-0.25, -0.2) is 0 Å². The summed E-state index contributed by atoms with van der Waals surface area (Å²) >= 11 is 0. The molecular formula is C17H17NO4. The smallest absolute Gasteiger partial charge is 0.310 e. The molecule has 0 aromatic heterocycles. The highest BCUT2D eigenvalue weighted by Gasteiger charge is 2.66. The summed E-state index contributed by atoms with van der Waals surface area (Å²) in [6.45, 7) is 1.05. The minimum Gasteiger partial charge on any atom is -0.481 e. The zero-order valence-electron chi connectivity index (χ0n) is 12.0. The van der Waals surface area contributed by atoms with Gasteiger partial charge in [0.25, 0.3) is 0 Å². The fourth-order valence-corrected chi connectivity index (χ4v) is 3.96. The van der Waals surface area contributed by atoms with Crippen LogP contribution in [0.4, 0.5) is 0 Å². The molecule has 5 heteroatoms. The number of nitrogens with zero attached hydrogens (tertiary/aromatic N) is 1. The van der Waals surface area contributed by atoms with E-state index in [0.29, 0.717) is 13.1 Å². The first-order valence-corrected chi connectivity index (χ1v) is 7.53. The number of fused-ring (bicyclic) bond motifs is 1. The summed E-state index contributed by atoms with van der Waals surface area (Å²) in [5, 5.41) is 9.41. The molecule has 0 saturated carbocycles. The molecule has 1 aromatic rings. The van der Waals surface area contributed by atoms with E-state index in [-0.39, 0.29) is 5.91 Å². The van der Waals surface area contributed by atoms with Gasteiger partial charge in [-0.15, -0.1) is 0 Å². The first kappa shape index (κ1) is 13.5. The lowest BCUT2D eigenvalue weighted by Crippen LogP contribution is -2.39. The average Bonchev–Trinajstić information content (AvgIpc) is 3.14. The van der Waals surface area contributed by atoms with Crippen LogP contribution < -0.4 is 0 Å². The first-order valence-electron chi connectivity index (χ1n) is 7.53. The number of aliphatic carboxylic acids is 1. The molecule has 2 fully saturated rings. The van der Waals surface area contributed by atoms with E-state index in [4.69, 9.17) is 4.74 Å². The molecule has 1 aromatic carbocycles. The summed E-state index contributed by atoms with van der Waals surface area (Å²) in [4.78, 5) is 25.9. The van der Waals surface area contributed by atoms with Gasteiger partial charge in [-0.2, -0.15) is 0 Å². The van der Waals surface area contributed by atoms with Crippen LogP contribution in [0.2, 0.25) is 0 Å². The maximum absolute atomic E-state index is 12.7. The number of benzene rings is 1. The summed E-state index contributed by atoms with van der Waals surface area (Å²) in [5.74, 6) is -2.36. The molecule has 1 unspecified atom stereocenters. The van der Waals surface area contributed by atoms with Crippen LogP contribution in [0.3, 0.4) is 0 Å². The van der Waals surface area contributed by atoms with Gasteiger partial charge < -0.3 is 14.7 Å². The molecule has 1 spiro atoms. The number of carbonyl (C=O) groups is 2. The van der Waals surface area contributed by atoms with Gasteiger partial charge in [0, 0.05) is 6.54 Å². The summed E-state index contributed by atoms with van der Waals surface area (Å²) in [6, 6.07) is 9.97. The van der Waals surface area contributed by atoms with Crippen molar-refractivity contribution in [1.29, 1.82) is 0 Å². The fraction of sp³-hybridized carbons (Fsp3) is 0.412. The molecule has 5 nitrogen and oxygen atoms in total. The zero-order valence-corrected chi connectivity index (χ0v) is 12.0. The van der Waals surface area contributed by atoms with Crippen LogP contribution in [-0.4, -0.2) is 46.7 Å². The maximum Gasteiger partial charge on any atom is 0.310 e. The van der Waals surface area contributed by atoms with Crippen LogP contribution in [0.5, 0.6) is 0 Å². The van der Waals surface area contributed by atoms with Crippen molar-refractivity contribution >= 4 is 11.9 Å². The lowest BCUT2D eigenvalue weighted by Gasteiger charge is -2.21. The number of carboxylic acids is 1. The molecule has 0 aliphatic carbocycles. The molecule has 2 saturated heterocycles. The Morgan fingerprint density at radius 1 is 1.36 bits per heavy atom. The van der Waals surface area contributed by atoms with Crippen molar-refractivity contribution in [2.75, 3.05) is 13.1 Å². The molecule has 3 aliphatic rings. The topological polar surface area (TPSA) is 66.8 Å². The second kappa shape index (κ2) is 4.68. The second-order valence-electron chi connectivity index (χ2n) is 6.23. The van der Waals surface area contributed by atoms with Crippen LogP contribution >= 0.6 is 0 Å². The SMILES string of the molecule is O=C(O)C1[C@H]2C(=O)N(CCc3ccccc3)C[C@]23C=C[C@H]1O3. The van der Waals surface area contributed by atoms with E-state index in [1.165, 1.54) is 5.56 Å². The lowest BCUT2D eigenvalue weighted by atomic mass is 9.77. The monoisotopic (exact) mass is 299 g/mol. The Morgan fingerprint density at radius 3 is 2.86 bits per heavy atom. The van der Waals surface area contributed by atoms with Crippen LogP contribution in [0.1, 0.15) is 5.56 Å². The maximum atomic E-state index is 12.7. The molecule has 1 amide bonds. The summed E-state index contributed by atoms with van der Waals surface area (Å²) < 4.78 is 5.86. The molecule has 4 rings (SSSR count). The van der Waals surface area contributed by atoms with Crippen molar-refractivity contribution in [1.82, 2.24) is 4.90 Å². The van der Waals surface area contributed by atoms with Gasteiger partial charge in [-0.05, 0) is 12.0 Å². The molecule has 22 heavy (non-hydrogen) atoms. The van der Waals surface area contributed by atoms with Crippen LogP contribution in [0.15, 0.2) is 42.5 Å². The van der Waals surface area contributed by atoms with Crippen molar-refractivity contribution in [3.05, 3.63) is 48.0 Å². The van der Waals surface area contributed by atoms with Gasteiger partial charge in [0.2, 0.25) is 5.91 Å². The highest BCUT2D eigenvalue weighted by molar-refractivity contribution is 5.90. The third-order valence-electron chi connectivity index (χ3n) is 4.98. The molecule has 3 heterocycles. The van der Waals surface area contributed by atoms with E-state index < -0.39 is 29.5 Å². The number of hydrogen-bond acceptors (Lipinski definition) is 3. The minimum absolute atomic E-state index is 0.0878. The van der Waals surface area contributed by atoms with Gasteiger partial charge in [0.05, 0.1) is 18.6 Å². The standard InChI is InChI=1S/C17H17NO4/c19-15-14-13(16(20)21)12-6-8-17(14,22-12)10-18(15)9-7-11-4-2-1-3-5-11/h1-6,8,12-14H,7,9-10H2,(H,20,21)/t12-,13?,14+,17-/m1/s1. The van der Waals surface area contributed by atoms with E-state index in [9.17, 15) is 14.7 Å². The van der Waals surface area contributed by atoms with Crippen molar-refractivity contribution in [3.63, 3.8) is 0 Å². The quantitative estimate of drug-likeness (QED) is 0.845.